The lowest BCUT2D eigenvalue weighted by atomic mass is 10.1. The molecule has 0 radical (unpaired) electrons. The van der Waals surface area contributed by atoms with E-state index in [1.54, 1.807) is 18.2 Å². The molecule has 0 aliphatic heterocycles. The van der Waals surface area contributed by atoms with Gasteiger partial charge in [-0.05, 0) is 12.8 Å². The van der Waals surface area contributed by atoms with Crippen LogP contribution in [0.15, 0.2) is 24.3 Å². The average molecular weight is 295 g/mol. The average Bonchev–Trinajstić information content (AvgIpc) is 2.48. The molecule has 0 saturated heterocycles. The third-order valence-corrected chi connectivity index (χ3v) is 3.18. The van der Waals surface area contributed by atoms with Crippen molar-refractivity contribution in [1.29, 1.82) is 0 Å². The fourth-order valence-corrected chi connectivity index (χ4v) is 1.93. The Hall–Kier alpha value is -1.46. The summed E-state index contributed by atoms with van der Waals surface area (Å²) in [5, 5.41) is 11.0. The highest BCUT2D eigenvalue weighted by Crippen LogP contribution is 2.20. The Kier molecular flexibility index (Phi) is 8.62. The maximum atomic E-state index is 11.0. The Morgan fingerprint density at radius 3 is 2.19 bits per heavy atom. The Bertz CT molecular complexity index is 412. The van der Waals surface area contributed by atoms with Crippen LogP contribution in [0.25, 0.3) is 0 Å². The van der Waals surface area contributed by atoms with Crippen molar-refractivity contribution in [2.45, 2.75) is 52.2 Å². The molecule has 1 rings (SSSR count). The molecule has 5 heteroatoms. The molecule has 0 aromatic heterocycles. The lowest BCUT2D eigenvalue weighted by Gasteiger charge is -2.18. The summed E-state index contributed by atoms with van der Waals surface area (Å²) in [6, 6.07) is 6.76. The number of nitrogens with zero attached hydrogens (tertiary/aromatic N) is 1. The smallest absolute Gasteiger partial charge is 0.272 e. The molecule has 0 amide bonds. The SMILES string of the molecule is CCCCOC(Cc1ccccc1[N+](=O)[O-])OCCCC. The molecule has 0 unspecified atom stereocenters. The van der Waals surface area contributed by atoms with E-state index in [9.17, 15) is 10.1 Å². The molecule has 1 aromatic carbocycles. The quantitative estimate of drug-likeness (QED) is 0.267. The van der Waals surface area contributed by atoms with Crippen molar-refractivity contribution in [3.8, 4) is 0 Å². The second-order valence-corrected chi connectivity index (χ2v) is 4.97. The largest absolute Gasteiger partial charge is 0.352 e. The van der Waals surface area contributed by atoms with Gasteiger partial charge in [0.2, 0.25) is 0 Å². The summed E-state index contributed by atoms with van der Waals surface area (Å²) in [4.78, 5) is 10.7. The van der Waals surface area contributed by atoms with Crippen molar-refractivity contribution in [2.75, 3.05) is 13.2 Å². The second-order valence-electron chi connectivity index (χ2n) is 4.97. The molecule has 0 saturated carbocycles. The molecule has 5 nitrogen and oxygen atoms in total. The number of ether oxygens (including phenoxy) is 2. The van der Waals surface area contributed by atoms with Crippen LogP contribution in [0.5, 0.6) is 0 Å². The van der Waals surface area contributed by atoms with Crippen molar-refractivity contribution in [3.05, 3.63) is 39.9 Å². The molecule has 0 atom stereocenters. The topological polar surface area (TPSA) is 61.6 Å². The first-order valence-corrected chi connectivity index (χ1v) is 7.64. The maximum absolute atomic E-state index is 11.0. The minimum absolute atomic E-state index is 0.126. The molecule has 118 valence electrons. The minimum Gasteiger partial charge on any atom is -0.352 e. The van der Waals surface area contributed by atoms with Crippen molar-refractivity contribution in [2.24, 2.45) is 0 Å². The molecule has 0 N–H and O–H groups in total. The summed E-state index contributed by atoms with van der Waals surface area (Å²) in [5.41, 5.74) is 0.779. The normalized spacial score (nSPS) is 11.0. The van der Waals surface area contributed by atoms with Crippen molar-refractivity contribution < 1.29 is 14.4 Å². The van der Waals surface area contributed by atoms with Gasteiger partial charge in [0.25, 0.3) is 5.69 Å². The van der Waals surface area contributed by atoms with Crippen molar-refractivity contribution in [3.63, 3.8) is 0 Å². The molecule has 0 aliphatic rings. The van der Waals surface area contributed by atoms with Crippen LogP contribution in [0.2, 0.25) is 0 Å². The zero-order valence-electron chi connectivity index (χ0n) is 12.9. The first-order valence-electron chi connectivity index (χ1n) is 7.64. The van der Waals surface area contributed by atoms with E-state index >= 15 is 0 Å². The van der Waals surface area contributed by atoms with Crippen molar-refractivity contribution >= 4 is 5.69 Å². The number of hydrogen-bond acceptors (Lipinski definition) is 4. The first-order chi connectivity index (χ1) is 10.2. The summed E-state index contributed by atoms with van der Waals surface area (Å²) in [6.07, 6.45) is 4.02. The Balaban J connectivity index is 2.67. The molecular weight excluding hydrogens is 270 g/mol. The molecule has 0 spiro atoms. The van der Waals surface area contributed by atoms with Gasteiger partial charge in [-0.15, -0.1) is 0 Å². The van der Waals surface area contributed by atoms with E-state index in [4.69, 9.17) is 9.47 Å². The van der Waals surface area contributed by atoms with E-state index in [1.807, 2.05) is 0 Å². The van der Waals surface area contributed by atoms with E-state index in [2.05, 4.69) is 13.8 Å². The summed E-state index contributed by atoms with van der Waals surface area (Å²) in [5.74, 6) is 0. The monoisotopic (exact) mass is 295 g/mol. The Morgan fingerprint density at radius 1 is 1.10 bits per heavy atom. The van der Waals surface area contributed by atoms with E-state index in [-0.39, 0.29) is 10.6 Å². The van der Waals surface area contributed by atoms with Gasteiger partial charge < -0.3 is 9.47 Å². The third kappa shape index (κ3) is 6.69. The minimum atomic E-state index is -0.413. The summed E-state index contributed by atoms with van der Waals surface area (Å²) < 4.78 is 11.4. The van der Waals surface area contributed by atoms with E-state index in [0.717, 1.165) is 25.7 Å². The predicted molar refractivity (Wildman–Crippen MR) is 82.3 cm³/mol. The van der Waals surface area contributed by atoms with Gasteiger partial charge in [-0.25, -0.2) is 0 Å². The highest BCUT2D eigenvalue weighted by molar-refractivity contribution is 5.39. The number of para-hydroxylation sites is 1. The van der Waals surface area contributed by atoms with Crippen LogP contribution >= 0.6 is 0 Å². The third-order valence-electron chi connectivity index (χ3n) is 3.18. The summed E-state index contributed by atoms with van der Waals surface area (Å²) in [7, 11) is 0. The van der Waals surface area contributed by atoms with Gasteiger partial charge in [-0.1, -0.05) is 44.9 Å². The van der Waals surface area contributed by atoms with Crippen molar-refractivity contribution in [1.82, 2.24) is 0 Å². The van der Waals surface area contributed by atoms with Crippen LogP contribution in [0.3, 0.4) is 0 Å². The standard InChI is InChI=1S/C16H25NO4/c1-3-5-11-20-16(21-12-6-4-2)13-14-9-7-8-10-15(14)17(18)19/h7-10,16H,3-6,11-13H2,1-2H3. The summed E-state index contributed by atoms with van der Waals surface area (Å²) >= 11 is 0. The first kappa shape index (κ1) is 17.6. The lowest BCUT2D eigenvalue weighted by Crippen LogP contribution is -2.22. The van der Waals surface area contributed by atoms with Crippen LogP contribution < -0.4 is 0 Å². The number of nitro benzene ring substituents is 1. The highest BCUT2D eigenvalue weighted by Gasteiger charge is 2.18. The fraction of sp³-hybridized carbons (Fsp3) is 0.625. The maximum Gasteiger partial charge on any atom is 0.272 e. The molecule has 0 fully saturated rings. The molecular formula is C16H25NO4. The molecule has 0 aliphatic carbocycles. The molecule has 0 heterocycles. The van der Waals surface area contributed by atoms with E-state index in [0.29, 0.717) is 25.2 Å². The van der Waals surface area contributed by atoms with Gasteiger partial charge in [-0.2, -0.15) is 0 Å². The van der Waals surface area contributed by atoms with Gasteiger partial charge in [0.1, 0.15) is 0 Å². The zero-order chi connectivity index (χ0) is 15.5. The van der Waals surface area contributed by atoms with Gasteiger partial charge in [0, 0.05) is 31.3 Å². The molecule has 1 aromatic rings. The van der Waals surface area contributed by atoms with Gasteiger partial charge in [0.15, 0.2) is 6.29 Å². The second kappa shape index (κ2) is 10.3. The van der Waals surface area contributed by atoms with Crippen LogP contribution in [0.1, 0.15) is 45.1 Å². The van der Waals surface area contributed by atoms with Crippen LogP contribution in [0, 0.1) is 10.1 Å². The van der Waals surface area contributed by atoms with Gasteiger partial charge in [-0.3, -0.25) is 10.1 Å². The summed E-state index contributed by atoms with van der Waals surface area (Å²) in [6.45, 7) is 5.43. The number of benzene rings is 1. The van der Waals surface area contributed by atoms with Crippen LogP contribution in [-0.4, -0.2) is 24.4 Å². The zero-order valence-corrected chi connectivity index (χ0v) is 12.9. The Morgan fingerprint density at radius 2 is 1.67 bits per heavy atom. The number of unbranched alkanes of at least 4 members (excludes halogenated alkanes) is 2. The lowest BCUT2D eigenvalue weighted by molar-refractivity contribution is -0.385. The number of rotatable bonds is 11. The predicted octanol–water partition coefficient (Wildman–Crippen LogP) is 4.10. The number of hydrogen-bond donors (Lipinski definition) is 0. The molecule has 0 bridgehead atoms. The highest BCUT2D eigenvalue weighted by atomic mass is 16.7. The van der Waals surface area contributed by atoms with Crippen LogP contribution in [0.4, 0.5) is 5.69 Å². The van der Waals surface area contributed by atoms with Gasteiger partial charge >= 0.3 is 0 Å². The van der Waals surface area contributed by atoms with E-state index < -0.39 is 6.29 Å². The van der Waals surface area contributed by atoms with E-state index in [1.165, 1.54) is 6.07 Å². The number of nitro groups is 1. The Labute approximate surface area is 126 Å². The van der Waals surface area contributed by atoms with Gasteiger partial charge in [0.05, 0.1) is 4.92 Å². The fourth-order valence-electron chi connectivity index (χ4n) is 1.93. The van der Waals surface area contributed by atoms with Crippen LogP contribution in [-0.2, 0) is 15.9 Å². The molecule has 21 heavy (non-hydrogen) atoms.